The van der Waals surface area contributed by atoms with Crippen molar-refractivity contribution in [2.75, 3.05) is 6.61 Å². The summed E-state index contributed by atoms with van der Waals surface area (Å²) in [7, 11) is 0. The molecule has 1 unspecified atom stereocenters. The zero-order chi connectivity index (χ0) is 22.3. The highest BCUT2D eigenvalue weighted by molar-refractivity contribution is 5.73. The third-order valence-electron chi connectivity index (χ3n) is 5.21. The third kappa shape index (κ3) is 6.48. The zero-order valence-corrected chi connectivity index (χ0v) is 18.4. The Hall–Kier alpha value is -3.54. The number of carbonyl (C=O) groups is 1. The average molecular weight is 433 g/mol. The Labute approximate surface area is 188 Å². The molecular formula is C26H28N2O4. The first kappa shape index (κ1) is 21.7. The maximum atomic E-state index is 11.2. The van der Waals surface area contributed by atoms with Crippen molar-refractivity contribution in [2.24, 2.45) is 5.92 Å². The van der Waals surface area contributed by atoms with E-state index in [9.17, 15) is 4.79 Å². The van der Waals surface area contributed by atoms with E-state index in [1.165, 1.54) is 19.8 Å². The number of amides is 1. The standard InChI is InChI=1S/C26H28N2O4/c1-18(28-19(2)29)21-8-11-23(12-9-21)31-17-22-10-13-26(15-27-22)32-25-5-3-4-24(14-25)30-16-20-6-7-20/h3-5,8-15,18,20H,6-7,16-17H2,1-2H3,(H,28,29). The van der Waals surface area contributed by atoms with Crippen LogP contribution in [0.5, 0.6) is 23.0 Å². The van der Waals surface area contributed by atoms with Crippen LogP contribution in [0, 0.1) is 5.92 Å². The second-order valence-electron chi connectivity index (χ2n) is 8.10. The van der Waals surface area contributed by atoms with Crippen LogP contribution in [0.25, 0.3) is 0 Å². The van der Waals surface area contributed by atoms with Gasteiger partial charge in [0.15, 0.2) is 0 Å². The van der Waals surface area contributed by atoms with Crippen LogP contribution in [0.3, 0.4) is 0 Å². The van der Waals surface area contributed by atoms with Crippen LogP contribution >= 0.6 is 0 Å². The van der Waals surface area contributed by atoms with Gasteiger partial charge >= 0.3 is 0 Å². The summed E-state index contributed by atoms with van der Waals surface area (Å²) in [6.45, 7) is 4.59. The fourth-order valence-corrected chi connectivity index (χ4v) is 3.22. The highest BCUT2D eigenvalue weighted by atomic mass is 16.5. The fourth-order valence-electron chi connectivity index (χ4n) is 3.22. The van der Waals surface area contributed by atoms with E-state index < -0.39 is 0 Å². The molecule has 1 heterocycles. The molecule has 4 rings (SSSR count). The molecule has 1 N–H and O–H groups in total. The summed E-state index contributed by atoms with van der Waals surface area (Å²) in [6.07, 6.45) is 4.22. The van der Waals surface area contributed by atoms with Crippen LogP contribution in [-0.2, 0) is 11.4 Å². The largest absolute Gasteiger partial charge is 0.493 e. The first-order chi connectivity index (χ1) is 15.5. The molecule has 1 aliphatic rings. The summed E-state index contributed by atoms with van der Waals surface area (Å²) in [4.78, 5) is 15.6. The minimum Gasteiger partial charge on any atom is -0.493 e. The van der Waals surface area contributed by atoms with Gasteiger partial charge in [-0.25, -0.2) is 0 Å². The highest BCUT2D eigenvalue weighted by Gasteiger charge is 2.21. The topological polar surface area (TPSA) is 69.7 Å². The fraction of sp³-hybridized carbons (Fsp3) is 0.308. The zero-order valence-electron chi connectivity index (χ0n) is 18.4. The van der Waals surface area contributed by atoms with Gasteiger partial charge in [-0.1, -0.05) is 18.2 Å². The van der Waals surface area contributed by atoms with Gasteiger partial charge in [-0.05, 0) is 67.6 Å². The highest BCUT2D eigenvalue weighted by Crippen LogP contribution is 2.31. The Bertz CT molecular complexity index is 1030. The molecule has 1 fully saturated rings. The Balaban J connectivity index is 1.27. The van der Waals surface area contributed by atoms with E-state index in [0.717, 1.165) is 35.1 Å². The van der Waals surface area contributed by atoms with Crippen molar-refractivity contribution in [3.05, 3.63) is 78.1 Å². The predicted molar refractivity (Wildman–Crippen MR) is 122 cm³/mol. The van der Waals surface area contributed by atoms with E-state index in [4.69, 9.17) is 14.2 Å². The Morgan fingerprint density at radius 2 is 1.75 bits per heavy atom. The summed E-state index contributed by atoms with van der Waals surface area (Å²) in [6, 6.07) is 19.1. The molecule has 1 aromatic heterocycles. The lowest BCUT2D eigenvalue weighted by Gasteiger charge is -2.13. The normalized spacial score (nSPS) is 13.8. The van der Waals surface area contributed by atoms with Crippen molar-refractivity contribution in [1.29, 1.82) is 0 Å². The molecular weight excluding hydrogens is 404 g/mol. The van der Waals surface area contributed by atoms with Crippen molar-refractivity contribution in [3.8, 4) is 23.0 Å². The van der Waals surface area contributed by atoms with E-state index >= 15 is 0 Å². The molecule has 166 valence electrons. The molecule has 1 saturated carbocycles. The van der Waals surface area contributed by atoms with Crippen molar-refractivity contribution in [2.45, 2.75) is 39.3 Å². The smallest absolute Gasteiger partial charge is 0.217 e. The summed E-state index contributed by atoms with van der Waals surface area (Å²) in [5.74, 6) is 3.61. The van der Waals surface area contributed by atoms with Gasteiger partial charge in [0.2, 0.25) is 5.91 Å². The number of nitrogens with one attached hydrogen (secondary N) is 1. The molecule has 6 heteroatoms. The van der Waals surface area contributed by atoms with E-state index in [1.54, 1.807) is 6.20 Å². The van der Waals surface area contributed by atoms with Crippen LogP contribution in [0.15, 0.2) is 66.9 Å². The monoisotopic (exact) mass is 432 g/mol. The number of hydrogen-bond acceptors (Lipinski definition) is 5. The molecule has 2 aromatic carbocycles. The first-order valence-corrected chi connectivity index (χ1v) is 10.9. The third-order valence-corrected chi connectivity index (χ3v) is 5.21. The number of aromatic nitrogens is 1. The second kappa shape index (κ2) is 10.2. The predicted octanol–water partition coefficient (Wildman–Crippen LogP) is 5.44. The van der Waals surface area contributed by atoms with Crippen LogP contribution in [0.1, 0.15) is 44.0 Å². The Morgan fingerprint density at radius 1 is 1.00 bits per heavy atom. The molecule has 1 amide bonds. The van der Waals surface area contributed by atoms with Crippen molar-refractivity contribution >= 4 is 5.91 Å². The summed E-state index contributed by atoms with van der Waals surface area (Å²) in [5.41, 5.74) is 1.82. The van der Waals surface area contributed by atoms with Crippen LogP contribution in [0.4, 0.5) is 0 Å². The van der Waals surface area contributed by atoms with Gasteiger partial charge in [-0.15, -0.1) is 0 Å². The number of rotatable bonds is 10. The number of pyridine rings is 1. The number of ether oxygens (including phenoxy) is 3. The van der Waals surface area contributed by atoms with Crippen molar-refractivity contribution < 1.29 is 19.0 Å². The quantitative estimate of drug-likeness (QED) is 0.462. The Morgan fingerprint density at radius 3 is 2.44 bits per heavy atom. The SMILES string of the molecule is CC(=O)NC(C)c1ccc(OCc2ccc(Oc3cccc(OCC4CC4)c3)cn2)cc1. The Kier molecular flexibility index (Phi) is 6.90. The minimum atomic E-state index is -0.0501. The molecule has 0 spiro atoms. The van der Waals surface area contributed by atoms with Gasteiger partial charge in [0, 0.05) is 13.0 Å². The van der Waals surface area contributed by atoms with Gasteiger partial charge in [0.25, 0.3) is 0 Å². The van der Waals surface area contributed by atoms with Gasteiger partial charge in [0.1, 0.15) is 29.6 Å². The van der Waals surface area contributed by atoms with E-state index in [2.05, 4.69) is 10.3 Å². The van der Waals surface area contributed by atoms with Gasteiger partial charge < -0.3 is 19.5 Å². The van der Waals surface area contributed by atoms with Crippen LogP contribution in [-0.4, -0.2) is 17.5 Å². The van der Waals surface area contributed by atoms with E-state index in [0.29, 0.717) is 18.3 Å². The molecule has 1 atom stereocenters. The molecule has 32 heavy (non-hydrogen) atoms. The minimum absolute atomic E-state index is 0.0405. The lowest BCUT2D eigenvalue weighted by Crippen LogP contribution is -2.23. The molecule has 6 nitrogen and oxygen atoms in total. The van der Waals surface area contributed by atoms with Gasteiger partial charge in [-0.3, -0.25) is 9.78 Å². The molecule has 0 radical (unpaired) electrons. The lowest BCUT2D eigenvalue weighted by atomic mass is 10.1. The van der Waals surface area contributed by atoms with Gasteiger partial charge in [-0.2, -0.15) is 0 Å². The maximum Gasteiger partial charge on any atom is 0.217 e. The second-order valence-corrected chi connectivity index (χ2v) is 8.10. The van der Waals surface area contributed by atoms with E-state index in [1.807, 2.05) is 67.6 Å². The molecule has 0 saturated heterocycles. The summed E-state index contributed by atoms with van der Waals surface area (Å²) in [5, 5.41) is 2.87. The molecule has 0 aliphatic heterocycles. The number of nitrogens with zero attached hydrogens (tertiary/aromatic N) is 1. The number of hydrogen-bond donors (Lipinski definition) is 1. The van der Waals surface area contributed by atoms with Crippen molar-refractivity contribution in [1.82, 2.24) is 10.3 Å². The van der Waals surface area contributed by atoms with Gasteiger partial charge in [0.05, 0.1) is 24.5 Å². The number of carbonyl (C=O) groups excluding carboxylic acids is 1. The molecule has 3 aromatic rings. The average Bonchev–Trinajstić information content (AvgIpc) is 3.62. The first-order valence-electron chi connectivity index (χ1n) is 10.9. The molecule has 0 bridgehead atoms. The van der Waals surface area contributed by atoms with Crippen LogP contribution < -0.4 is 19.5 Å². The maximum absolute atomic E-state index is 11.2. The van der Waals surface area contributed by atoms with Crippen LogP contribution in [0.2, 0.25) is 0 Å². The summed E-state index contributed by atoms with van der Waals surface area (Å²) < 4.78 is 17.5. The molecule has 1 aliphatic carbocycles. The summed E-state index contributed by atoms with van der Waals surface area (Å²) >= 11 is 0. The van der Waals surface area contributed by atoms with E-state index in [-0.39, 0.29) is 11.9 Å². The lowest BCUT2D eigenvalue weighted by molar-refractivity contribution is -0.119. The van der Waals surface area contributed by atoms with Crippen molar-refractivity contribution in [3.63, 3.8) is 0 Å². The number of benzene rings is 2.